The topological polar surface area (TPSA) is 119 Å². The highest BCUT2D eigenvalue weighted by atomic mass is 16.5. The summed E-state index contributed by atoms with van der Waals surface area (Å²) in [6.45, 7) is 57.5. The minimum absolute atomic E-state index is 0.0321. The number of piperazine rings is 2. The largest absolute Gasteiger partial charge is 0.393 e. The van der Waals surface area contributed by atoms with Crippen LogP contribution in [0.5, 0.6) is 0 Å². The maximum Gasteiger partial charge on any atom is 0.0594 e. The van der Waals surface area contributed by atoms with Gasteiger partial charge in [0.2, 0.25) is 0 Å². The molecule has 0 saturated carbocycles. The highest BCUT2D eigenvalue weighted by molar-refractivity contribution is 4.88. The van der Waals surface area contributed by atoms with E-state index in [9.17, 15) is 5.11 Å². The molecule has 16 heterocycles. The van der Waals surface area contributed by atoms with Gasteiger partial charge < -0.3 is 103 Å². The third-order valence-electron chi connectivity index (χ3n) is 29.5. The Kier molecular flexibility index (Phi) is 57.4. The number of aliphatic hydroxyl groups is 1. The van der Waals surface area contributed by atoms with Crippen LogP contribution in [0, 0.1) is 5.92 Å². The van der Waals surface area contributed by atoms with Gasteiger partial charge in [0, 0.05) is 193 Å². The van der Waals surface area contributed by atoms with Crippen LogP contribution in [0.2, 0.25) is 0 Å². The first-order valence-corrected chi connectivity index (χ1v) is 49.9. The summed E-state index contributed by atoms with van der Waals surface area (Å²) < 4.78 is 15.9. The van der Waals surface area contributed by atoms with Crippen LogP contribution >= 0.6 is 0 Å². The highest BCUT2D eigenvalue weighted by Crippen LogP contribution is 2.24. The molecule has 16 saturated heterocycles. The zero-order valence-corrected chi connectivity index (χ0v) is 83.4. The molecule has 1 N–H and O–H groups in total. The van der Waals surface area contributed by atoms with E-state index < -0.39 is 0 Å². The molecule has 16 rings (SSSR count). The molecule has 0 amide bonds. The third-order valence-corrected chi connectivity index (χ3v) is 29.5. The SMILES string of the molecule is CC1CCN(C)CC1.CN1CCC(N(C)C)CC1.CN1CCC(N2CCC(O)CC2)C1.CN1CCC(N2CCCN(C)CC2)CC1.CN1CCC(N2CCCOCC2)CC1.CN1CCC(N2CCN(C)CC2)CC1.CN1CCC(N2CCOCC2)CC1.CN1CCCC(N(C)C)C1.CN1CCCN(C)CC1.CN1CCN(C)CC1.CN1CCOCC1. The fraction of sp³-hybridized carbons (Fsp3) is 1.00. The van der Waals surface area contributed by atoms with E-state index in [0.717, 1.165) is 147 Å². The molecule has 26 heteroatoms. The van der Waals surface area contributed by atoms with E-state index in [4.69, 9.17) is 14.2 Å². The van der Waals surface area contributed by atoms with Gasteiger partial charge in [-0.25, -0.2) is 0 Å². The van der Waals surface area contributed by atoms with Gasteiger partial charge in [-0.2, -0.15) is 0 Å². The summed E-state index contributed by atoms with van der Waals surface area (Å²) in [5.74, 6) is 0.978. The summed E-state index contributed by atoms with van der Waals surface area (Å²) in [4.78, 5) is 54.0. The second-order valence-corrected chi connectivity index (χ2v) is 40.8. The van der Waals surface area contributed by atoms with Gasteiger partial charge in [0.05, 0.1) is 39.1 Å². The maximum absolute atomic E-state index is 9.38. The van der Waals surface area contributed by atoms with Gasteiger partial charge in [-0.15, -0.1) is 0 Å². The first kappa shape index (κ1) is 109. The van der Waals surface area contributed by atoms with Gasteiger partial charge in [0.25, 0.3) is 0 Å². The zero-order valence-electron chi connectivity index (χ0n) is 83.4. The van der Waals surface area contributed by atoms with Gasteiger partial charge in [0.15, 0.2) is 0 Å². The average molecular weight is 1720 g/mol. The van der Waals surface area contributed by atoms with E-state index in [1.165, 1.54) is 332 Å². The molecule has 16 fully saturated rings. The second-order valence-electron chi connectivity index (χ2n) is 40.8. The Morgan fingerprint density at radius 3 is 0.793 bits per heavy atom. The number of piperidine rings is 8. The van der Waals surface area contributed by atoms with Crippen molar-refractivity contribution in [3.8, 4) is 0 Å². The summed E-state index contributed by atoms with van der Waals surface area (Å²) in [6.07, 6.45) is 26.2. The van der Waals surface area contributed by atoms with Crippen molar-refractivity contribution >= 4 is 0 Å². The zero-order chi connectivity index (χ0) is 87.7. The summed E-state index contributed by atoms with van der Waals surface area (Å²) in [6, 6.07) is 5.79. The lowest BCUT2D eigenvalue weighted by Gasteiger charge is -2.41. The van der Waals surface area contributed by atoms with Crippen molar-refractivity contribution in [1.82, 2.24) is 108 Å². The Balaban J connectivity index is 0.000000208. The molecule has 16 aliphatic heterocycles. The van der Waals surface area contributed by atoms with E-state index in [1.54, 1.807) is 0 Å². The van der Waals surface area contributed by atoms with Crippen LogP contribution in [-0.2, 0) is 14.2 Å². The third kappa shape index (κ3) is 48.6. The molecule has 121 heavy (non-hydrogen) atoms. The first-order valence-electron chi connectivity index (χ1n) is 49.9. The first-order chi connectivity index (χ1) is 58.1. The lowest BCUT2D eigenvalue weighted by Crippen LogP contribution is -2.51. The number of morpholine rings is 2. The second kappa shape index (κ2) is 63.9. The molecule has 0 spiro atoms. The van der Waals surface area contributed by atoms with Crippen LogP contribution < -0.4 is 0 Å². The molecule has 0 bridgehead atoms. The minimum Gasteiger partial charge on any atom is -0.393 e. The Morgan fingerprint density at radius 2 is 0.455 bits per heavy atom. The molecule has 26 nitrogen and oxygen atoms in total. The molecule has 0 aliphatic carbocycles. The molecule has 0 aromatic heterocycles. The molecule has 716 valence electrons. The van der Waals surface area contributed by atoms with Crippen LogP contribution in [0.3, 0.4) is 0 Å². The summed E-state index contributed by atoms with van der Waals surface area (Å²) in [5.41, 5.74) is 0. The van der Waals surface area contributed by atoms with Gasteiger partial charge in [-0.1, -0.05) is 6.92 Å². The number of nitrogens with zero attached hydrogens (tertiary/aromatic N) is 22. The Bertz CT molecular complexity index is 2300. The fourth-order valence-corrected chi connectivity index (χ4v) is 19.5. The predicted octanol–water partition coefficient (Wildman–Crippen LogP) is 5.11. The smallest absolute Gasteiger partial charge is 0.0594 e. The Labute approximate surface area is 748 Å². The molecule has 0 aromatic carbocycles. The van der Waals surface area contributed by atoms with Gasteiger partial charge in [-0.05, 0) is 386 Å². The Morgan fingerprint density at radius 1 is 0.198 bits per heavy atom. The van der Waals surface area contributed by atoms with E-state index in [1.807, 2.05) is 0 Å². The van der Waals surface area contributed by atoms with E-state index in [2.05, 4.69) is 249 Å². The Hall–Kier alpha value is -1.04. The molecular weight excluding hydrogens is 1510 g/mol. The molecular formula is C95H202N22O4. The quantitative estimate of drug-likeness (QED) is 0.364. The van der Waals surface area contributed by atoms with E-state index >= 15 is 0 Å². The predicted molar refractivity (Wildman–Crippen MR) is 514 cm³/mol. The number of hydrogen-bond acceptors (Lipinski definition) is 26. The van der Waals surface area contributed by atoms with Crippen molar-refractivity contribution < 1.29 is 19.3 Å². The van der Waals surface area contributed by atoms with Gasteiger partial charge in [0.1, 0.15) is 0 Å². The number of likely N-dealkylation sites (N-methyl/N-ethyl adjacent to an activating group) is 10. The maximum atomic E-state index is 9.38. The normalized spacial score (nSPS) is 28.5. The lowest BCUT2D eigenvalue weighted by molar-refractivity contribution is 0.00290. The average Bonchev–Trinajstić information content (AvgIpc) is 1.83. The standard InChI is InChI=1S/C12H25N3.C11H23N3.C11H22N2O.2C10H20N2O.2C8H18N2.C7H16N2.C7H15N.C6H14N2.C5H11NO/c1-13-6-3-7-15(11-10-13)12-4-8-14(2)9-5-12;1-12-5-3-11(4-6-12)14-9-7-13(2)8-10-14;1-12-6-3-11(4-7-12)13-5-2-9-14-10-8-13;1-11-5-2-9(8-11)12-6-3-10(13)4-7-12;1-11-4-2-10(3-5-11)12-6-8-13-9-7-12;1-9(2)8-4-6-10(3)7-5-8;1-9(2)8-5-4-6-10(3)7-8;1-8-4-3-5-9(2)7-6-8;2*1-7-3-5-8(2)6-4-7;1-6-2-4-7-5-3-6/h12H,3-11H2,1-2H3;11H,3-10H2,1-2H3;11H,2-10H2,1H3;9-10,13H,2-8H2,1H3;10H,2-9H2,1H3;2*8H,4-7H2,1-3H3;3-7H2,1-2H3;7H,3-6H2,1-2H3;3-6H2,1-2H3;2-5H2,1H3. The van der Waals surface area contributed by atoms with Crippen molar-refractivity contribution in [1.29, 1.82) is 0 Å². The van der Waals surface area contributed by atoms with Crippen molar-refractivity contribution in [3.63, 3.8) is 0 Å². The van der Waals surface area contributed by atoms with E-state index in [-0.39, 0.29) is 6.10 Å². The van der Waals surface area contributed by atoms with E-state index in [0.29, 0.717) is 0 Å². The van der Waals surface area contributed by atoms with Crippen LogP contribution in [0.1, 0.15) is 135 Å². The minimum atomic E-state index is -0.0321. The lowest BCUT2D eigenvalue weighted by atomic mass is 10.00. The molecule has 0 radical (unpaired) electrons. The number of hydrogen-bond donors (Lipinski definition) is 1. The number of ether oxygens (including phenoxy) is 3. The van der Waals surface area contributed by atoms with Crippen molar-refractivity contribution in [2.75, 3.05) is 435 Å². The highest BCUT2D eigenvalue weighted by Gasteiger charge is 2.32. The van der Waals surface area contributed by atoms with Crippen molar-refractivity contribution in [3.05, 3.63) is 0 Å². The van der Waals surface area contributed by atoms with Crippen molar-refractivity contribution in [2.24, 2.45) is 5.92 Å². The molecule has 2 atom stereocenters. The molecule has 2 unspecified atom stereocenters. The fourth-order valence-electron chi connectivity index (χ4n) is 19.5. The van der Waals surface area contributed by atoms with Crippen LogP contribution in [0.4, 0.5) is 0 Å². The molecule has 16 aliphatic rings. The number of rotatable bonds is 7. The summed E-state index contributed by atoms with van der Waals surface area (Å²) in [7, 11) is 41.7. The van der Waals surface area contributed by atoms with Crippen LogP contribution in [0.15, 0.2) is 0 Å². The summed E-state index contributed by atoms with van der Waals surface area (Å²) in [5, 5.41) is 9.38. The van der Waals surface area contributed by atoms with Crippen molar-refractivity contribution in [2.45, 2.75) is 184 Å². The number of likely N-dealkylation sites (tertiary alicyclic amines) is 9. The number of aliphatic hydroxyl groups excluding tert-OH is 1. The van der Waals surface area contributed by atoms with Crippen LogP contribution in [0.25, 0.3) is 0 Å². The summed E-state index contributed by atoms with van der Waals surface area (Å²) >= 11 is 0. The monoisotopic (exact) mass is 1720 g/mol. The molecule has 0 aromatic rings. The van der Waals surface area contributed by atoms with Gasteiger partial charge in [-0.3, -0.25) is 24.5 Å². The van der Waals surface area contributed by atoms with Gasteiger partial charge >= 0.3 is 0 Å². The van der Waals surface area contributed by atoms with Crippen LogP contribution in [-0.4, -0.2) is 597 Å².